The van der Waals surface area contributed by atoms with Crippen molar-refractivity contribution in [2.75, 3.05) is 18.4 Å². The number of nitrogens with zero attached hydrogens (tertiary/aromatic N) is 1. The van der Waals surface area contributed by atoms with E-state index in [0.29, 0.717) is 11.8 Å². The Kier molecular flexibility index (Phi) is 4.15. The van der Waals surface area contributed by atoms with Gasteiger partial charge < -0.3 is 14.6 Å². The van der Waals surface area contributed by atoms with Gasteiger partial charge in [-0.2, -0.15) is 0 Å². The summed E-state index contributed by atoms with van der Waals surface area (Å²) in [7, 11) is 0. The molecule has 110 valence electrons. The number of anilines is 1. The topological polar surface area (TPSA) is 45.5 Å². The van der Waals surface area contributed by atoms with Gasteiger partial charge in [0.05, 0.1) is 6.26 Å². The number of halogens is 1. The predicted molar refractivity (Wildman–Crippen MR) is 82.7 cm³/mol. The first kappa shape index (κ1) is 14.0. The second-order valence-electron chi connectivity index (χ2n) is 5.20. The predicted octanol–water partition coefficient (Wildman–Crippen LogP) is 3.65. The lowest BCUT2D eigenvalue weighted by Gasteiger charge is -2.32. The number of likely N-dealkylation sites (tertiary alicyclic amines) is 1. The van der Waals surface area contributed by atoms with Crippen molar-refractivity contribution in [1.82, 2.24) is 4.90 Å². The smallest absolute Gasteiger partial charge is 0.289 e. The van der Waals surface area contributed by atoms with Crippen LogP contribution in [0.2, 0.25) is 5.02 Å². The Hall–Kier alpha value is -1.94. The van der Waals surface area contributed by atoms with E-state index in [1.54, 1.807) is 12.1 Å². The summed E-state index contributed by atoms with van der Waals surface area (Å²) in [6, 6.07) is 11.5. The van der Waals surface area contributed by atoms with Crippen molar-refractivity contribution in [3.63, 3.8) is 0 Å². The molecular formula is C16H17ClN2O2. The first-order chi connectivity index (χ1) is 10.2. The highest BCUT2D eigenvalue weighted by Crippen LogP contribution is 2.20. The molecule has 4 nitrogen and oxygen atoms in total. The first-order valence-electron chi connectivity index (χ1n) is 7.07. The summed E-state index contributed by atoms with van der Waals surface area (Å²) >= 11 is 5.88. The van der Waals surface area contributed by atoms with Crippen LogP contribution in [0.25, 0.3) is 0 Å². The standard InChI is InChI=1S/C16H17ClN2O2/c17-12-3-5-13(6-4-12)18-14-7-9-19(10-8-14)16(20)15-2-1-11-21-15/h1-6,11,14,18H,7-10H2. The zero-order chi connectivity index (χ0) is 14.7. The van der Waals surface area contributed by atoms with E-state index in [2.05, 4.69) is 5.32 Å². The first-order valence-corrected chi connectivity index (χ1v) is 7.45. The molecule has 1 aliphatic rings. The number of nitrogens with one attached hydrogen (secondary N) is 1. The van der Waals surface area contributed by atoms with Gasteiger partial charge in [0, 0.05) is 29.8 Å². The van der Waals surface area contributed by atoms with Crippen molar-refractivity contribution < 1.29 is 9.21 Å². The van der Waals surface area contributed by atoms with E-state index in [1.807, 2.05) is 29.2 Å². The Morgan fingerprint density at radius 1 is 1.19 bits per heavy atom. The van der Waals surface area contributed by atoms with Crippen molar-refractivity contribution >= 4 is 23.2 Å². The van der Waals surface area contributed by atoms with Gasteiger partial charge in [-0.15, -0.1) is 0 Å². The van der Waals surface area contributed by atoms with Crippen molar-refractivity contribution in [3.8, 4) is 0 Å². The SMILES string of the molecule is O=C(c1ccco1)N1CCC(Nc2ccc(Cl)cc2)CC1. The fourth-order valence-corrected chi connectivity index (χ4v) is 2.69. The third kappa shape index (κ3) is 3.39. The maximum Gasteiger partial charge on any atom is 0.289 e. The van der Waals surface area contributed by atoms with Crippen LogP contribution in [0, 0.1) is 0 Å². The van der Waals surface area contributed by atoms with Gasteiger partial charge in [0.15, 0.2) is 5.76 Å². The summed E-state index contributed by atoms with van der Waals surface area (Å²) in [6.45, 7) is 1.48. The Morgan fingerprint density at radius 3 is 2.52 bits per heavy atom. The van der Waals surface area contributed by atoms with Crippen LogP contribution in [0.3, 0.4) is 0 Å². The van der Waals surface area contributed by atoms with Gasteiger partial charge in [-0.05, 0) is 49.2 Å². The van der Waals surface area contributed by atoms with Crippen molar-refractivity contribution in [2.24, 2.45) is 0 Å². The van der Waals surface area contributed by atoms with Gasteiger partial charge in [0.25, 0.3) is 5.91 Å². The van der Waals surface area contributed by atoms with E-state index in [9.17, 15) is 4.79 Å². The highest BCUT2D eigenvalue weighted by Gasteiger charge is 2.24. The molecule has 2 heterocycles. The average Bonchev–Trinajstić information content (AvgIpc) is 3.04. The molecule has 1 aromatic carbocycles. The minimum absolute atomic E-state index is 0.0232. The fraction of sp³-hybridized carbons (Fsp3) is 0.312. The van der Waals surface area contributed by atoms with Crippen LogP contribution in [0.1, 0.15) is 23.4 Å². The van der Waals surface area contributed by atoms with Gasteiger partial charge in [-0.3, -0.25) is 4.79 Å². The number of carbonyl (C=O) groups excluding carboxylic acids is 1. The number of hydrogen-bond donors (Lipinski definition) is 1. The quantitative estimate of drug-likeness (QED) is 0.941. The summed E-state index contributed by atoms with van der Waals surface area (Å²) < 4.78 is 5.16. The highest BCUT2D eigenvalue weighted by molar-refractivity contribution is 6.30. The van der Waals surface area contributed by atoms with Crippen LogP contribution < -0.4 is 5.32 Å². The molecule has 1 amide bonds. The monoisotopic (exact) mass is 304 g/mol. The summed E-state index contributed by atoms with van der Waals surface area (Å²) in [6.07, 6.45) is 3.38. The third-order valence-electron chi connectivity index (χ3n) is 3.73. The van der Waals surface area contributed by atoms with Gasteiger partial charge >= 0.3 is 0 Å². The maximum absolute atomic E-state index is 12.2. The fourth-order valence-electron chi connectivity index (χ4n) is 2.56. The molecule has 5 heteroatoms. The Bertz CT molecular complexity index is 587. The van der Waals surface area contributed by atoms with Gasteiger partial charge in [-0.1, -0.05) is 11.6 Å². The molecule has 1 aromatic heterocycles. The number of amides is 1. The lowest BCUT2D eigenvalue weighted by Crippen LogP contribution is -2.42. The molecule has 0 spiro atoms. The minimum atomic E-state index is -0.0232. The largest absolute Gasteiger partial charge is 0.459 e. The van der Waals surface area contributed by atoms with Crippen molar-refractivity contribution in [3.05, 3.63) is 53.4 Å². The number of furan rings is 1. The van der Waals surface area contributed by atoms with Crippen molar-refractivity contribution in [2.45, 2.75) is 18.9 Å². The summed E-state index contributed by atoms with van der Waals surface area (Å²) in [4.78, 5) is 14.0. The zero-order valence-electron chi connectivity index (χ0n) is 11.6. The minimum Gasteiger partial charge on any atom is -0.459 e. The second kappa shape index (κ2) is 6.22. The second-order valence-corrected chi connectivity index (χ2v) is 5.63. The number of benzene rings is 1. The van der Waals surface area contributed by atoms with Crippen LogP contribution in [0.15, 0.2) is 47.1 Å². The number of carbonyl (C=O) groups is 1. The van der Waals surface area contributed by atoms with Crippen molar-refractivity contribution in [1.29, 1.82) is 0 Å². The summed E-state index contributed by atoms with van der Waals surface area (Å²) in [5, 5.41) is 4.22. The van der Waals surface area contributed by atoms with Gasteiger partial charge in [-0.25, -0.2) is 0 Å². The van der Waals surface area contributed by atoms with Gasteiger partial charge in [0.2, 0.25) is 0 Å². The molecule has 21 heavy (non-hydrogen) atoms. The number of rotatable bonds is 3. The molecule has 0 bridgehead atoms. The van der Waals surface area contributed by atoms with Crippen LogP contribution in [0.5, 0.6) is 0 Å². The average molecular weight is 305 g/mol. The molecular weight excluding hydrogens is 288 g/mol. The molecule has 0 radical (unpaired) electrons. The zero-order valence-corrected chi connectivity index (χ0v) is 12.3. The number of piperidine rings is 1. The molecule has 3 rings (SSSR count). The number of hydrogen-bond acceptors (Lipinski definition) is 3. The molecule has 0 aliphatic carbocycles. The molecule has 1 aliphatic heterocycles. The third-order valence-corrected chi connectivity index (χ3v) is 3.98. The molecule has 1 N–H and O–H groups in total. The van der Waals surface area contributed by atoms with E-state index < -0.39 is 0 Å². The Balaban J connectivity index is 1.53. The Labute approximate surface area is 128 Å². The molecule has 0 saturated carbocycles. The highest BCUT2D eigenvalue weighted by atomic mass is 35.5. The van der Waals surface area contributed by atoms with E-state index >= 15 is 0 Å². The van der Waals surface area contributed by atoms with Crippen LogP contribution in [-0.4, -0.2) is 29.9 Å². The van der Waals surface area contributed by atoms with E-state index in [0.717, 1.165) is 36.6 Å². The molecule has 1 fully saturated rings. The summed E-state index contributed by atoms with van der Waals surface area (Å²) in [5.41, 5.74) is 1.07. The van der Waals surface area contributed by atoms with E-state index in [4.69, 9.17) is 16.0 Å². The normalized spacial score (nSPS) is 16.0. The Morgan fingerprint density at radius 2 is 1.90 bits per heavy atom. The van der Waals surface area contributed by atoms with E-state index in [-0.39, 0.29) is 5.91 Å². The van der Waals surface area contributed by atoms with Crippen LogP contribution in [0.4, 0.5) is 5.69 Å². The summed E-state index contributed by atoms with van der Waals surface area (Å²) in [5.74, 6) is 0.393. The van der Waals surface area contributed by atoms with Crippen LogP contribution >= 0.6 is 11.6 Å². The molecule has 1 saturated heterocycles. The lowest BCUT2D eigenvalue weighted by molar-refractivity contribution is 0.0686. The molecule has 0 atom stereocenters. The lowest BCUT2D eigenvalue weighted by atomic mass is 10.0. The molecule has 0 unspecified atom stereocenters. The molecule has 2 aromatic rings. The van der Waals surface area contributed by atoms with Gasteiger partial charge in [0.1, 0.15) is 0 Å². The van der Waals surface area contributed by atoms with E-state index in [1.165, 1.54) is 6.26 Å². The van der Waals surface area contributed by atoms with Crippen LogP contribution in [-0.2, 0) is 0 Å². The maximum atomic E-state index is 12.2.